The summed E-state index contributed by atoms with van der Waals surface area (Å²) in [5.41, 5.74) is 5.58. The summed E-state index contributed by atoms with van der Waals surface area (Å²) in [4.78, 5) is 39.6. The molecule has 0 spiro atoms. The molecule has 142 valence electrons. The number of anilines is 1. The van der Waals surface area contributed by atoms with Gasteiger partial charge in [-0.25, -0.2) is 4.79 Å². The molecular formula is C19H15N3O5S. The van der Waals surface area contributed by atoms with E-state index in [0.717, 1.165) is 11.3 Å². The Hall–Kier alpha value is -3.72. The van der Waals surface area contributed by atoms with Crippen LogP contribution >= 0.6 is 11.3 Å². The highest BCUT2D eigenvalue weighted by Crippen LogP contribution is 2.25. The van der Waals surface area contributed by atoms with Gasteiger partial charge in [0, 0.05) is 6.20 Å². The van der Waals surface area contributed by atoms with Crippen molar-refractivity contribution < 1.29 is 23.9 Å². The number of pyridine rings is 1. The van der Waals surface area contributed by atoms with Gasteiger partial charge in [0.1, 0.15) is 22.1 Å². The Labute approximate surface area is 163 Å². The van der Waals surface area contributed by atoms with E-state index in [1.54, 1.807) is 41.9 Å². The van der Waals surface area contributed by atoms with Crippen molar-refractivity contribution in [1.29, 1.82) is 0 Å². The lowest BCUT2D eigenvalue weighted by molar-refractivity contribution is -0.119. The molecule has 0 atom stereocenters. The fourth-order valence-electron chi connectivity index (χ4n) is 2.23. The second-order valence-corrected chi connectivity index (χ2v) is 6.36. The number of thiophene rings is 1. The van der Waals surface area contributed by atoms with E-state index in [4.69, 9.17) is 15.2 Å². The number of nitrogens with two attached hydrogens (primary N) is 1. The minimum Gasteiger partial charge on any atom is -0.455 e. The van der Waals surface area contributed by atoms with Crippen molar-refractivity contribution in [3.8, 4) is 11.5 Å². The number of benzene rings is 1. The first kappa shape index (κ1) is 19.1. The largest absolute Gasteiger partial charge is 0.455 e. The van der Waals surface area contributed by atoms with Crippen LogP contribution in [0.3, 0.4) is 0 Å². The number of esters is 1. The van der Waals surface area contributed by atoms with Gasteiger partial charge in [-0.05, 0) is 35.7 Å². The van der Waals surface area contributed by atoms with Crippen LogP contribution in [0.2, 0.25) is 0 Å². The Morgan fingerprint density at radius 2 is 1.89 bits per heavy atom. The Kier molecular flexibility index (Phi) is 5.97. The highest BCUT2D eigenvalue weighted by Gasteiger charge is 2.17. The molecule has 2 amide bonds. The number of aromatic nitrogens is 1. The number of carbonyl (C=O) groups is 3. The van der Waals surface area contributed by atoms with Crippen LogP contribution in [0.25, 0.3) is 0 Å². The lowest BCUT2D eigenvalue weighted by atomic mass is 10.2. The lowest BCUT2D eigenvalue weighted by Crippen LogP contribution is -2.22. The number of nitrogens with one attached hydrogen (secondary N) is 1. The summed E-state index contributed by atoms with van der Waals surface area (Å²) in [6.45, 7) is -0.532. The van der Waals surface area contributed by atoms with Crippen LogP contribution < -0.4 is 15.8 Å². The number of hydrogen-bond donors (Lipinski definition) is 2. The molecular weight excluding hydrogens is 382 g/mol. The number of hydrogen-bond acceptors (Lipinski definition) is 7. The van der Waals surface area contributed by atoms with Crippen molar-refractivity contribution in [2.45, 2.75) is 0 Å². The number of para-hydroxylation sites is 1. The third-order valence-corrected chi connectivity index (χ3v) is 4.32. The topological polar surface area (TPSA) is 121 Å². The van der Waals surface area contributed by atoms with Crippen LogP contribution in [0.1, 0.15) is 20.7 Å². The second kappa shape index (κ2) is 8.78. The summed E-state index contributed by atoms with van der Waals surface area (Å²) in [6.07, 6.45) is 3.11. The van der Waals surface area contributed by atoms with E-state index in [1.807, 2.05) is 0 Å². The van der Waals surface area contributed by atoms with Gasteiger partial charge in [-0.2, -0.15) is 0 Å². The SMILES string of the molecule is NC(=O)c1ccsc1NC(=O)COC(=O)c1ccccc1Oc1cccnc1. The molecule has 3 N–H and O–H groups in total. The molecule has 3 aromatic rings. The molecule has 2 heterocycles. The van der Waals surface area contributed by atoms with Crippen molar-refractivity contribution >= 4 is 34.1 Å². The van der Waals surface area contributed by atoms with E-state index in [0.29, 0.717) is 10.8 Å². The van der Waals surface area contributed by atoms with E-state index in [1.165, 1.54) is 18.3 Å². The molecule has 0 radical (unpaired) electrons. The van der Waals surface area contributed by atoms with Crippen molar-refractivity contribution in [2.75, 3.05) is 11.9 Å². The molecule has 0 fully saturated rings. The summed E-state index contributed by atoms with van der Waals surface area (Å²) in [6, 6.07) is 11.4. The third kappa shape index (κ3) is 4.71. The average Bonchev–Trinajstić information content (AvgIpc) is 3.16. The molecule has 0 saturated carbocycles. The molecule has 2 aromatic heterocycles. The van der Waals surface area contributed by atoms with E-state index >= 15 is 0 Å². The standard InChI is InChI=1S/C19H15N3O5S/c20-17(24)14-7-9-28-18(14)22-16(23)11-26-19(25)13-5-1-2-6-15(13)27-12-4-3-8-21-10-12/h1-10H,11H2,(H2,20,24)(H,22,23). The molecule has 1 aromatic carbocycles. The number of ether oxygens (including phenoxy) is 2. The number of rotatable bonds is 7. The molecule has 0 saturated heterocycles. The smallest absolute Gasteiger partial charge is 0.342 e. The average molecular weight is 397 g/mol. The first-order valence-electron chi connectivity index (χ1n) is 8.06. The molecule has 0 aliphatic rings. The van der Waals surface area contributed by atoms with Gasteiger partial charge in [0.05, 0.1) is 11.8 Å². The molecule has 0 unspecified atom stereocenters. The lowest BCUT2D eigenvalue weighted by Gasteiger charge is -2.11. The molecule has 3 rings (SSSR count). The van der Waals surface area contributed by atoms with Gasteiger partial charge in [-0.1, -0.05) is 12.1 Å². The van der Waals surface area contributed by atoms with E-state index in [-0.39, 0.29) is 16.9 Å². The first-order valence-corrected chi connectivity index (χ1v) is 8.93. The van der Waals surface area contributed by atoms with Gasteiger partial charge in [-0.15, -0.1) is 11.3 Å². The minimum atomic E-state index is -0.726. The van der Waals surface area contributed by atoms with Crippen LogP contribution in [0.5, 0.6) is 11.5 Å². The van der Waals surface area contributed by atoms with Gasteiger partial charge in [-0.3, -0.25) is 14.6 Å². The first-order chi connectivity index (χ1) is 13.5. The quantitative estimate of drug-likeness (QED) is 0.592. The number of amides is 2. The van der Waals surface area contributed by atoms with E-state index < -0.39 is 24.4 Å². The monoisotopic (exact) mass is 397 g/mol. The third-order valence-electron chi connectivity index (χ3n) is 3.49. The summed E-state index contributed by atoms with van der Waals surface area (Å²) < 4.78 is 10.7. The second-order valence-electron chi connectivity index (χ2n) is 5.44. The van der Waals surface area contributed by atoms with Gasteiger partial charge in [0.15, 0.2) is 6.61 Å². The van der Waals surface area contributed by atoms with Gasteiger partial charge in [0.2, 0.25) is 0 Å². The molecule has 0 aliphatic carbocycles. The van der Waals surface area contributed by atoms with Crippen molar-refractivity contribution in [1.82, 2.24) is 4.98 Å². The minimum absolute atomic E-state index is 0.160. The highest BCUT2D eigenvalue weighted by molar-refractivity contribution is 7.14. The Balaban J connectivity index is 1.63. The number of nitrogens with zero attached hydrogens (tertiary/aromatic N) is 1. The van der Waals surface area contributed by atoms with Crippen LogP contribution in [0, 0.1) is 0 Å². The highest BCUT2D eigenvalue weighted by atomic mass is 32.1. The Bertz CT molecular complexity index is 1000. The van der Waals surface area contributed by atoms with Gasteiger partial charge >= 0.3 is 5.97 Å². The van der Waals surface area contributed by atoms with E-state index in [9.17, 15) is 14.4 Å². The summed E-state index contributed by atoms with van der Waals surface area (Å²) in [5, 5.41) is 4.41. The molecule has 0 aliphatic heterocycles. The summed E-state index contributed by atoms with van der Waals surface area (Å²) >= 11 is 1.14. The maximum atomic E-state index is 12.4. The normalized spacial score (nSPS) is 10.1. The maximum Gasteiger partial charge on any atom is 0.342 e. The van der Waals surface area contributed by atoms with Crippen LogP contribution in [-0.4, -0.2) is 29.4 Å². The zero-order chi connectivity index (χ0) is 19.9. The zero-order valence-corrected chi connectivity index (χ0v) is 15.3. The van der Waals surface area contributed by atoms with E-state index in [2.05, 4.69) is 10.3 Å². The van der Waals surface area contributed by atoms with Crippen LogP contribution in [-0.2, 0) is 9.53 Å². The number of carbonyl (C=O) groups excluding carboxylic acids is 3. The van der Waals surface area contributed by atoms with Crippen molar-refractivity contribution in [3.05, 3.63) is 71.4 Å². The molecule has 9 heteroatoms. The van der Waals surface area contributed by atoms with Gasteiger partial charge in [0.25, 0.3) is 11.8 Å². The molecule has 28 heavy (non-hydrogen) atoms. The maximum absolute atomic E-state index is 12.4. The van der Waals surface area contributed by atoms with Crippen LogP contribution in [0.15, 0.2) is 60.2 Å². The summed E-state index contributed by atoms with van der Waals surface area (Å²) in [7, 11) is 0. The Morgan fingerprint density at radius 3 is 2.64 bits per heavy atom. The van der Waals surface area contributed by atoms with Crippen molar-refractivity contribution in [2.24, 2.45) is 5.73 Å². The predicted octanol–water partition coefficient (Wildman–Crippen LogP) is 2.83. The fourth-order valence-corrected chi connectivity index (χ4v) is 3.04. The zero-order valence-electron chi connectivity index (χ0n) is 14.5. The molecule has 8 nitrogen and oxygen atoms in total. The van der Waals surface area contributed by atoms with Crippen LogP contribution in [0.4, 0.5) is 5.00 Å². The van der Waals surface area contributed by atoms with Gasteiger partial charge < -0.3 is 20.5 Å². The predicted molar refractivity (Wildman–Crippen MR) is 103 cm³/mol. The fraction of sp³-hybridized carbons (Fsp3) is 0.0526. The number of primary amides is 1. The molecule has 0 bridgehead atoms. The summed E-state index contributed by atoms with van der Waals surface area (Å²) in [5.74, 6) is -1.25. The Morgan fingerprint density at radius 1 is 1.07 bits per heavy atom. The van der Waals surface area contributed by atoms with Crippen molar-refractivity contribution in [3.63, 3.8) is 0 Å².